The minimum absolute atomic E-state index is 0.777. The summed E-state index contributed by atoms with van der Waals surface area (Å²) in [5.74, 6) is 0.777. The molecule has 0 aliphatic carbocycles. The smallest absolute Gasteiger partial charge is 0.123 e. The van der Waals surface area contributed by atoms with Crippen LogP contribution in [0.25, 0.3) is 22.5 Å². The Kier molecular flexibility index (Phi) is 3.37. The Hall–Kier alpha value is -2.75. The summed E-state index contributed by atoms with van der Waals surface area (Å²) in [7, 11) is 1.65. The summed E-state index contributed by atoms with van der Waals surface area (Å²) in [5, 5.41) is 0. The zero-order valence-corrected chi connectivity index (χ0v) is 11.0. The van der Waals surface area contributed by atoms with Crippen LogP contribution in [-0.2, 0) is 0 Å². The average molecular weight is 263 g/mol. The predicted molar refractivity (Wildman–Crippen MR) is 77.3 cm³/mol. The molecule has 0 bridgehead atoms. The van der Waals surface area contributed by atoms with E-state index in [1.807, 2.05) is 36.4 Å². The molecule has 0 N–H and O–H groups in total. The highest BCUT2D eigenvalue weighted by Gasteiger charge is 2.07. The maximum atomic E-state index is 5.37. The fourth-order valence-corrected chi connectivity index (χ4v) is 1.96. The molecule has 0 unspecified atom stereocenters. The average Bonchev–Trinajstić information content (AvgIpc) is 2.56. The topological polar surface area (TPSA) is 47.9 Å². The molecule has 4 heteroatoms. The molecular formula is C16H13N3O. The van der Waals surface area contributed by atoms with Crippen LogP contribution in [0.2, 0.25) is 0 Å². The lowest BCUT2D eigenvalue weighted by molar-refractivity contribution is 0.414. The van der Waals surface area contributed by atoms with E-state index in [9.17, 15) is 0 Å². The van der Waals surface area contributed by atoms with E-state index in [0.717, 1.165) is 28.3 Å². The molecule has 0 spiro atoms. The monoisotopic (exact) mass is 263 g/mol. The van der Waals surface area contributed by atoms with Gasteiger partial charge in [0.15, 0.2) is 0 Å². The fourth-order valence-electron chi connectivity index (χ4n) is 1.96. The zero-order chi connectivity index (χ0) is 13.8. The van der Waals surface area contributed by atoms with E-state index in [2.05, 4.69) is 15.0 Å². The second kappa shape index (κ2) is 5.48. The lowest BCUT2D eigenvalue weighted by atomic mass is 10.1. The van der Waals surface area contributed by atoms with E-state index in [4.69, 9.17) is 4.74 Å². The molecule has 20 heavy (non-hydrogen) atoms. The number of rotatable bonds is 3. The van der Waals surface area contributed by atoms with Gasteiger partial charge in [-0.05, 0) is 24.3 Å². The molecular weight excluding hydrogens is 250 g/mol. The standard InChI is InChI=1S/C16H13N3O/c1-20-14-10-15(12-2-6-17-7-3-12)19-16(11-14)13-4-8-18-9-5-13/h2-11H,1H3. The van der Waals surface area contributed by atoms with Gasteiger partial charge in [-0.1, -0.05) is 0 Å². The molecule has 0 aliphatic heterocycles. The Labute approximate surface area is 117 Å². The molecule has 0 saturated heterocycles. The molecule has 3 aromatic rings. The van der Waals surface area contributed by atoms with Crippen LogP contribution < -0.4 is 4.74 Å². The molecule has 3 heterocycles. The van der Waals surface area contributed by atoms with E-state index in [-0.39, 0.29) is 0 Å². The van der Waals surface area contributed by atoms with Crippen molar-refractivity contribution in [2.75, 3.05) is 7.11 Å². The third-order valence-electron chi connectivity index (χ3n) is 2.99. The van der Waals surface area contributed by atoms with Gasteiger partial charge in [0.25, 0.3) is 0 Å². The van der Waals surface area contributed by atoms with E-state index in [0.29, 0.717) is 0 Å². The summed E-state index contributed by atoms with van der Waals surface area (Å²) in [6.07, 6.45) is 7.01. The van der Waals surface area contributed by atoms with Crippen molar-refractivity contribution in [3.05, 3.63) is 61.2 Å². The van der Waals surface area contributed by atoms with E-state index in [1.165, 1.54) is 0 Å². The Morgan fingerprint density at radius 1 is 0.750 bits per heavy atom. The van der Waals surface area contributed by atoms with Gasteiger partial charge in [0.1, 0.15) is 5.75 Å². The van der Waals surface area contributed by atoms with Crippen molar-refractivity contribution in [2.45, 2.75) is 0 Å². The van der Waals surface area contributed by atoms with Crippen LogP contribution in [0.1, 0.15) is 0 Å². The summed E-state index contributed by atoms with van der Waals surface area (Å²) in [5.41, 5.74) is 3.74. The van der Waals surface area contributed by atoms with Gasteiger partial charge in [0, 0.05) is 48.0 Å². The first kappa shape index (κ1) is 12.3. The van der Waals surface area contributed by atoms with E-state index < -0.39 is 0 Å². The third-order valence-corrected chi connectivity index (χ3v) is 2.99. The second-order valence-corrected chi connectivity index (χ2v) is 4.25. The summed E-state index contributed by atoms with van der Waals surface area (Å²) >= 11 is 0. The predicted octanol–water partition coefficient (Wildman–Crippen LogP) is 3.21. The van der Waals surface area contributed by atoms with Crippen molar-refractivity contribution < 1.29 is 4.74 Å². The lowest BCUT2D eigenvalue weighted by Gasteiger charge is -2.08. The van der Waals surface area contributed by atoms with Crippen LogP contribution in [0.5, 0.6) is 5.75 Å². The number of ether oxygens (including phenoxy) is 1. The number of aromatic nitrogens is 3. The minimum Gasteiger partial charge on any atom is -0.497 e. The van der Waals surface area contributed by atoms with Crippen molar-refractivity contribution in [2.24, 2.45) is 0 Å². The number of hydrogen-bond acceptors (Lipinski definition) is 4. The third kappa shape index (κ3) is 2.49. The first-order valence-corrected chi connectivity index (χ1v) is 6.24. The van der Waals surface area contributed by atoms with Crippen LogP contribution in [-0.4, -0.2) is 22.1 Å². The van der Waals surface area contributed by atoms with E-state index in [1.54, 1.807) is 31.9 Å². The van der Waals surface area contributed by atoms with Gasteiger partial charge in [0.2, 0.25) is 0 Å². The number of nitrogens with zero attached hydrogens (tertiary/aromatic N) is 3. The van der Waals surface area contributed by atoms with Crippen molar-refractivity contribution >= 4 is 0 Å². The number of hydrogen-bond donors (Lipinski definition) is 0. The van der Waals surface area contributed by atoms with Crippen LogP contribution in [0.3, 0.4) is 0 Å². The molecule has 4 nitrogen and oxygen atoms in total. The molecule has 0 aliphatic rings. The first-order valence-electron chi connectivity index (χ1n) is 6.24. The van der Waals surface area contributed by atoms with Crippen molar-refractivity contribution in [3.63, 3.8) is 0 Å². The van der Waals surface area contributed by atoms with Gasteiger partial charge in [-0.25, -0.2) is 4.98 Å². The number of pyridine rings is 3. The number of methoxy groups -OCH3 is 1. The van der Waals surface area contributed by atoms with Crippen LogP contribution in [0.15, 0.2) is 61.2 Å². The fraction of sp³-hybridized carbons (Fsp3) is 0.0625. The molecule has 0 saturated carbocycles. The molecule has 0 radical (unpaired) electrons. The largest absolute Gasteiger partial charge is 0.497 e. The molecule has 3 aromatic heterocycles. The molecule has 0 aromatic carbocycles. The normalized spacial score (nSPS) is 10.2. The Morgan fingerprint density at radius 2 is 1.20 bits per heavy atom. The zero-order valence-electron chi connectivity index (χ0n) is 11.0. The van der Waals surface area contributed by atoms with Crippen molar-refractivity contribution in [1.82, 2.24) is 15.0 Å². The molecule has 0 amide bonds. The quantitative estimate of drug-likeness (QED) is 0.728. The van der Waals surface area contributed by atoms with Gasteiger partial charge >= 0.3 is 0 Å². The second-order valence-electron chi connectivity index (χ2n) is 4.25. The van der Waals surface area contributed by atoms with E-state index >= 15 is 0 Å². The van der Waals surface area contributed by atoms with Crippen LogP contribution >= 0.6 is 0 Å². The highest BCUT2D eigenvalue weighted by Crippen LogP contribution is 2.27. The van der Waals surface area contributed by atoms with Crippen molar-refractivity contribution in [3.8, 4) is 28.3 Å². The van der Waals surface area contributed by atoms with Gasteiger partial charge in [-0.3, -0.25) is 9.97 Å². The van der Waals surface area contributed by atoms with Crippen molar-refractivity contribution in [1.29, 1.82) is 0 Å². The lowest BCUT2D eigenvalue weighted by Crippen LogP contribution is -1.92. The molecule has 0 atom stereocenters. The molecule has 98 valence electrons. The highest BCUT2D eigenvalue weighted by molar-refractivity contribution is 5.68. The SMILES string of the molecule is COc1cc(-c2ccncc2)nc(-c2ccncc2)c1. The van der Waals surface area contributed by atoms with Crippen LogP contribution in [0.4, 0.5) is 0 Å². The Balaban J connectivity index is 2.13. The molecule has 0 fully saturated rings. The van der Waals surface area contributed by atoms with Gasteiger partial charge in [0.05, 0.1) is 18.5 Å². The summed E-state index contributed by atoms with van der Waals surface area (Å²) in [6, 6.07) is 11.5. The van der Waals surface area contributed by atoms with Gasteiger partial charge in [-0.15, -0.1) is 0 Å². The first-order chi connectivity index (χ1) is 9.86. The summed E-state index contributed by atoms with van der Waals surface area (Å²) < 4.78 is 5.37. The molecule has 3 rings (SSSR count). The highest BCUT2D eigenvalue weighted by atomic mass is 16.5. The van der Waals surface area contributed by atoms with Gasteiger partial charge < -0.3 is 4.74 Å². The maximum absolute atomic E-state index is 5.37. The Morgan fingerprint density at radius 3 is 1.60 bits per heavy atom. The van der Waals surface area contributed by atoms with Crippen LogP contribution in [0, 0.1) is 0 Å². The maximum Gasteiger partial charge on any atom is 0.123 e. The van der Waals surface area contributed by atoms with Gasteiger partial charge in [-0.2, -0.15) is 0 Å². The Bertz CT molecular complexity index is 642. The minimum atomic E-state index is 0.777. The summed E-state index contributed by atoms with van der Waals surface area (Å²) in [4.78, 5) is 12.7. The summed E-state index contributed by atoms with van der Waals surface area (Å²) in [6.45, 7) is 0.